The highest BCUT2D eigenvalue weighted by atomic mass is 35.5. The maximum Gasteiger partial charge on any atom is 0.252 e. The molecule has 1 unspecified atom stereocenters. The van der Waals surface area contributed by atoms with Gasteiger partial charge in [0.15, 0.2) is 0 Å². The van der Waals surface area contributed by atoms with Gasteiger partial charge < -0.3 is 15.2 Å². The fourth-order valence-electron chi connectivity index (χ4n) is 3.16. The number of hydrogen-bond acceptors (Lipinski definition) is 4. The lowest BCUT2D eigenvalue weighted by Crippen LogP contribution is -2.48. The number of aromatic nitrogens is 1. The number of likely N-dealkylation sites (N-methyl/N-ethyl adjacent to an activating group) is 1. The number of H-pyrrole nitrogens is 1. The molecule has 7 heteroatoms. The van der Waals surface area contributed by atoms with Crippen LogP contribution >= 0.6 is 11.6 Å². The van der Waals surface area contributed by atoms with E-state index >= 15 is 0 Å². The molecule has 2 aromatic rings. The summed E-state index contributed by atoms with van der Waals surface area (Å²) in [7, 11) is 2.11. The summed E-state index contributed by atoms with van der Waals surface area (Å²) in [5.74, 6) is -0.215. The van der Waals surface area contributed by atoms with Gasteiger partial charge in [0.1, 0.15) is 0 Å². The number of piperazine rings is 1. The standard InChI is InChI=1S/C19H23ClN4O2/c1-23-8-10-24(11-9-23)17(15-4-2-3-5-16(15)20)13-22-19(26)14-6-7-18(25)21-12-14/h2-7,12,17H,8-11,13H2,1H3,(H,21,25)(H,22,26). The first kappa shape index (κ1) is 18.6. The van der Waals surface area contributed by atoms with E-state index in [0.717, 1.165) is 31.7 Å². The molecule has 1 atom stereocenters. The normalized spacial score (nSPS) is 17.0. The van der Waals surface area contributed by atoms with E-state index in [1.807, 2.05) is 24.3 Å². The Morgan fingerprint density at radius 3 is 2.58 bits per heavy atom. The summed E-state index contributed by atoms with van der Waals surface area (Å²) in [5, 5.41) is 3.68. The van der Waals surface area contributed by atoms with Crippen LogP contribution in [-0.4, -0.2) is 60.5 Å². The van der Waals surface area contributed by atoms with Gasteiger partial charge in [-0.25, -0.2) is 0 Å². The third-order valence-corrected chi connectivity index (χ3v) is 5.09. The average Bonchev–Trinajstić information content (AvgIpc) is 2.65. The van der Waals surface area contributed by atoms with Crippen molar-refractivity contribution < 1.29 is 4.79 Å². The lowest BCUT2D eigenvalue weighted by molar-refractivity contribution is 0.0886. The Kier molecular flexibility index (Phi) is 6.08. The van der Waals surface area contributed by atoms with Crippen LogP contribution in [0.4, 0.5) is 0 Å². The Morgan fingerprint density at radius 1 is 1.19 bits per heavy atom. The molecule has 1 amide bonds. The molecule has 0 bridgehead atoms. The van der Waals surface area contributed by atoms with E-state index < -0.39 is 0 Å². The van der Waals surface area contributed by atoms with Crippen LogP contribution in [0.3, 0.4) is 0 Å². The van der Waals surface area contributed by atoms with Crippen molar-refractivity contribution in [2.24, 2.45) is 0 Å². The maximum absolute atomic E-state index is 12.4. The summed E-state index contributed by atoms with van der Waals surface area (Å²) < 4.78 is 0. The first-order chi connectivity index (χ1) is 12.5. The van der Waals surface area contributed by atoms with Gasteiger partial charge in [0.05, 0.1) is 11.6 Å². The van der Waals surface area contributed by atoms with Gasteiger partial charge in [-0.3, -0.25) is 14.5 Å². The number of rotatable bonds is 5. The topological polar surface area (TPSA) is 68.4 Å². The summed E-state index contributed by atoms with van der Waals surface area (Å²) in [6.07, 6.45) is 1.43. The summed E-state index contributed by atoms with van der Waals surface area (Å²) in [5.41, 5.74) is 1.22. The first-order valence-corrected chi connectivity index (χ1v) is 9.06. The van der Waals surface area contributed by atoms with Crippen LogP contribution in [0.5, 0.6) is 0 Å². The molecule has 1 aliphatic heterocycles. The van der Waals surface area contributed by atoms with Gasteiger partial charge in [0, 0.05) is 50.0 Å². The van der Waals surface area contributed by atoms with E-state index in [1.54, 1.807) is 0 Å². The molecule has 26 heavy (non-hydrogen) atoms. The Balaban J connectivity index is 1.75. The van der Waals surface area contributed by atoms with Gasteiger partial charge in [-0.15, -0.1) is 0 Å². The highest BCUT2D eigenvalue weighted by Crippen LogP contribution is 2.28. The molecule has 0 radical (unpaired) electrons. The van der Waals surface area contributed by atoms with E-state index in [2.05, 4.69) is 27.1 Å². The molecule has 1 saturated heterocycles. The molecular weight excluding hydrogens is 352 g/mol. The SMILES string of the molecule is CN1CCN(C(CNC(=O)c2ccc(=O)[nH]c2)c2ccccc2Cl)CC1. The zero-order valence-electron chi connectivity index (χ0n) is 14.7. The Morgan fingerprint density at radius 2 is 1.92 bits per heavy atom. The number of amides is 1. The maximum atomic E-state index is 12.4. The van der Waals surface area contributed by atoms with Crippen LogP contribution in [0.15, 0.2) is 47.4 Å². The number of hydrogen-bond donors (Lipinski definition) is 2. The monoisotopic (exact) mass is 374 g/mol. The van der Waals surface area contributed by atoms with Crippen LogP contribution in [0.2, 0.25) is 5.02 Å². The Bertz CT molecular complexity index is 795. The number of aromatic amines is 1. The molecule has 0 saturated carbocycles. The number of nitrogens with one attached hydrogen (secondary N) is 2. The van der Waals surface area contributed by atoms with Crippen molar-refractivity contribution in [1.82, 2.24) is 20.1 Å². The number of nitrogens with zero attached hydrogens (tertiary/aromatic N) is 2. The van der Waals surface area contributed by atoms with Crippen molar-refractivity contribution in [3.8, 4) is 0 Å². The largest absolute Gasteiger partial charge is 0.350 e. The van der Waals surface area contributed by atoms with Gasteiger partial charge in [-0.1, -0.05) is 29.8 Å². The Labute approximate surface area is 157 Å². The predicted octanol–water partition coefficient (Wildman–Crippen LogP) is 1.75. The van der Waals surface area contributed by atoms with Gasteiger partial charge in [0.25, 0.3) is 5.91 Å². The molecule has 0 spiro atoms. The van der Waals surface area contributed by atoms with Crippen LogP contribution in [-0.2, 0) is 0 Å². The van der Waals surface area contributed by atoms with E-state index in [4.69, 9.17) is 11.6 Å². The molecule has 1 aromatic heterocycles. The molecule has 0 aliphatic carbocycles. The highest BCUT2D eigenvalue weighted by Gasteiger charge is 2.26. The van der Waals surface area contributed by atoms with E-state index in [9.17, 15) is 9.59 Å². The fraction of sp³-hybridized carbons (Fsp3) is 0.368. The van der Waals surface area contributed by atoms with Crippen molar-refractivity contribution >= 4 is 17.5 Å². The first-order valence-electron chi connectivity index (χ1n) is 8.68. The van der Waals surface area contributed by atoms with Crippen molar-refractivity contribution in [1.29, 1.82) is 0 Å². The molecule has 3 rings (SSSR count). The third kappa shape index (κ3) is 4.52. The van der Waals surface area contributed by atoms with Crippen molar-refractivity contribution in [3.05, 3.63) is 69.1 Å². The second-order valence-electron chi connectivity index (χ2n) is 6.53. The molecule has 138 valence electrons. The molecule has 1 fully saturated rings. The van der Waals surface area contributed by atoms with Gasteiger partial charge in [-0.2, -0.15) is 0 Å². The predicted molar refractivity (Wildman–Crippen MR) is 103 cm³/mol. The van der Waals surface area contributed by atoms with Crippen LogP contribution < -0.4 is 10.9 Å². The van der Waals surface area contributed by atoms with Gasteiger partial charge >= 0.3 is 0 Å². The number of halogens is 1. The van der Waals surface area contributed by atoms with Crippen molar-refractivity contribution in [2.75, 3.05) is 39.8 Å². The van der Waals surface area contributed by atoms with E-state index in [0.29, 0.717) is 17.1 Å². The zero-order chi connectivity index (χ0) is 18.5. The minimum absolute atomic E-state index is 0.00381. The minimum Gasteiger partial charge on any atom is -0.350 e. The van der Waals surface area contributed by atoms with E-state index in [-0.39, 0.29) is 17.5 Å². The lowest BCUT2D eigenvalue weighted by atomic mass is 10.0. The smallest absolute Gasteiger partial charge is 0.252 e. The fourth-order valence-corrected chi connectivity index (χ4v) is 3.42. The minimum atomic E-state index is -0.229. The average molecular weight is 375 g/mol. The summed E-state index contributed by atoms with van der Waals surface area (Å²) >= 11 is 6.43. The lowest BCUT2D eigenvalue weighted by Gasteiger charge is -2.38. The highest BCUT2D eigenvalue weighted by molar-refractivity contribution is 6.31. The molecule has 1 aliphatic rings. The van der Waals surface area contributed by atoms with Crippen LogP contribution in [0.25, 0.3) is 0 Å². The number of pyridine rings is 1. The third-order valence-electron chi connectivity index (χ3n) is 4.75. The number of carbonyl (C=O) groups is 1. The van der Waals surface area contributed by atoms with Gasteiger partial charge in [-0.05, 0) is 24.7 Å². The van der Waals surface area contributed by atoms with Crippen molar-refractivity contribution in [3.63, 3.8) is 0 Å². The van der Waals surface area contributed by atoms with Crippen LogP contribution in [0, 0.1) is 0 Å². The van der Waals surface area contributed by atoms with E-state index in [1.165, 1.54) is 18.3 Å². The summed E-state index contributed by atoms with van der Waals surface area (Å²) in [6, 6.07) is 10.6. The quantitative estimate of drug-likeness (QED) is 0.836. The number of benzene rings is 1. The molecule has 2 N–H and O–H groups in total. The second-order valence-corrected chi connectivity index (χ2v) is 6.94. The number of carbonyl (C=O) groups excluding carboxylic acids is 1. The second kappa shape index (κ2) is 8.49. The molecule has 2 heterocycles. The molecular formula is C19H23ClN4O2. The van der Waals surface area contributed by atoms with Crippen LogP contribution in [0.1, 0.15) is 22.0 Å². The van der Waals surface area contributed by atoms with Crippen molar-refractivity contribution in [2.45, 2.75) is 6.04 Å². The Hall–Kier alpha value is -2.15. The molecule has 1 aromatic carbocycles. The summed E-state index contributed by atoms with van der Waals surface area (Å²) in [6.45, 7) is 4.25. The van der Waals surface area contributed by atoms with Gasteiger partial charge in [0.2, 0.25) is 5.56 Å². The summed E-state index contributed by atoms with van der Waals surface area (Å²) in [4.78, 5) is 30.7. The molecule has 6 nitrogen and oxygen atoms in total. The zero-order valence-corrected chi connectivity index (χ0v) is 15.5.